The standard InChI is InChI=1S/C23H29NO4S2/c1-18-8-14-21(15-9-18)30(26,27)24-16-4-3-7-22(24)23(25)29-17-5-6-19-10-12-20(28-2)13-11-19/h8-15,22H,3-7,16-17H2,1-2H3. The van der Waals surface area contributed by atoms with Gasteiger partial charge in [0.05, 0.1) is 18.0 Å². The lowest BCUT2D eigenvalue weighted by molar-refractivity contribution is -0.115. The Morgan fingerprint density at radius 2 is 1.80 bits per heavy atom. The highest BCUT2D eigenvalue weighted by Crippen LogP contribution is 2.29. The molecule has 0 bridgehead atoms. The van der Waals surface area contributed by atoms with Crippen molar-refractivity contribution in [2.24, 2.45) is 0 Å². The van der Waals surface area contributed by atoms with Crippen LogP contribution in [0.3, 0.4) is 0 Å². The van der Waals surface area contributed by atoms with Crippen molar-refractivity contribution in [3.8, 4) is 5.75 Å². The van der Waals surface area contributed by atoms with Crippen molar-refractivity contribution < 1.29 is 17.9 Å². The maximum atomic E-state index is 13.1. The van der Waals surface area contributed by atoms with E-state index in [2.05, 4.69) is 0 Å². The van der Waals surface area contributed by atoms with Crippen molar-refractivity contribution in [2.75, 3.05) is 19.4 Å². The number of rotatable bonds is 8. The number of carbonyl (C=O) groups excluding carboxylic acids is 1. The van der Waals surface area contributed by atoms with Crippen LogP contribution in [0.5, 0.6) is 5.75 Å². The summed E-state index contributed by atoms with van der Waals surface area (Å²) in [5.41, 5.74) is 2.21. The van der Waals surface area contributed by atoms with Gasteiger partial charge in [0, 0.05) is 12.3 Å². The van der Waals surface area contributed by atoms with Gasteiger partial charge in [0.1, 0.15) is 5.75 Å². The lowest BCUT2D eigenvalue weighted by Crippen LogP contribution is -2.47. The minimum absolute atomic E-state index is 0.0416. The second kappa shape index (κ2) is 10.5. The Balaban J connectivity index is 1.58. The molecule has 0 amide bonds. The number of hydrogen-bond donors (Lipinski definition) is 0. The van der Waals surface area contributed by atoms with Gasteiger partial charge in [-0.2, -0.15) is 4.31 Å². The first kappa shape index (κ1) is 22.8. The Kier molecular flexibility index (Phi) is 7.97. The third kappa shape index (κ3) is 5.65. The highest BCUT2D eigenvalue weighted by atomic mass is 32.2. The molecule has 1 fully saturated rings. The summed E-state index contributed by atoms with van der Waals surface area (Å²) in [5, 5.41) is -0.0416. The lowest BCUT2D eigenvalue weighted by Gasteiger charge is -2.33. The van der Waals surface area contributed by atoms with Gasteiger partial charge in [-0.05, 0) is 62.4 Å². The molecule has 0 spiro atoms. The molecule has 7 heteroatoms. The second-order valence-electron chi connectivity index (χ2n) is 7.56. The van der Waals surface area contributed by atoms with E-state index in [0.29, 0.717) is 18.7 Å². The highest BCUT2D eigenvalue weighted by molar-refractivity contribution is 8.13. The summed E-state index contributed by atoms with van der Waals surface area (Å²) in [6.45, 7) is 2.32. The molecule has 0 saturated carbocycles. The second-order valence-corrected chi connectivity index (χ2v) is 10.5. The number of thioether (sulfide) groups is 1. The van der Waals surface area contributed by atoms with Crippen LogP contribution < -0.4 is 4.74 Å². The normalized spacial score (nSPS) is 17.6. The van der Waals surface area contributed by atoms with Crippen LogP contribution in [0, 0.1) is 6.92 Å². The van der Waals surface area contributed by atoms with E-state index < -0.39 is 16.1 Å². The fraction of sp³-hybridized carbons (Fsp3) is 0.435. The molecule has 5 nitrogen and oxygen atoms in total. The van der Waals surface area contributed by atoms with E-state index >= 15 is 0 Å². The molecule has 1 atom stereocenters. The van der Waals surface area contributed by atoms with Gasteiger partial charge in [0.25, 0.3) is 0 Å². The zero-order valence-corrected chi connectivity index (χ0v) is 19.2. The van der Waals surface area contributed by atoms with E-state index in [4.69, 9.17) is 4.74 Å². The fourth-order valence-electron chi connectivity index (χ4n) is 3.61. The van der Waals surface area contributed by atoms with Crippen LogP contribution in [0.15, 0.2) is 53.4 Å². The molecule has 1 unspecified atom stereocenters. The van der Waals surface area contributed by atoms with Crippen molar-refractivity contribution in [1.82, 2.24) is 4.31 Å². The molecule has 1 aliphatic heterocycles. The molecule has 1 heterocycles. The maximum absolute atomic E-state index is 13.1. The molecule has 0 N–H and O–H groups in total. The third-order valence-electron chi connectivity index (χ3n) is 5.37. The average Bonchev–Trinajstić information content (AvgIpc) is 2.77. The van der Waals surface area contributed by atoms with E-state index in [9.17, 15) is 13.2 Å². The van der Waals surface area contributed by atoms with Gasteiger partial charge < -0.3 is 4.74 Å². The quantitative estimate of drug-likeness (QED) is 0.560. The predicted molar refractivity (Wildman–Crippen MR) is 121 cm³/mol. The molecule has 1 aliphatic rings. The maximum Gasteiger partial charge on any atom is 0.243 e. The number of carbonyl (C=O) groups is 1. The Bertz CT molecular complexity index is 940. The van der Waals surface area contributed by atoms with Gasteiger partial charge in [0.15, 0.2) is 0 Å². The molecule has 0 radical (unpaired) electrons. The third-order valence-corrected chi connectivity index (χ3v) is 8.34. The van der Waals surface area contributed by atoms with Crippen molar-refractivity contribution in [3.05, 3.63) is 59.7 Å². The Labute approximate surface area is 183 Å². The number of nitrogens with zero attached hydrogens (tertiary/aromatic N) is 1. The number of aryl methyl sites for hydroxylation is 2. The first-order valence-electron chi connectivity index (χ1n) is 10.3. The van der Waals surface area contributed by atoms with E-state index in [1.807, 2.05) is 31.2 Å². The van der Waals surface area contributed by atoms with Crippen LogP contribution in [-0.4, -0.2) is 43.3 Å². The van der Waals surface area contributed by atoms with Crippen LogP contribution in [0.1, 0.15) is 36.8 Å². The van der Waals surface area contributed by atoms with Gasteiger partial charge in [-0.1, -0.05) is 48.0 Å². The monoisotopic (exact) mass is 447 g/mol. The van der Waals surface area contributed by atoms with Crippen molar-refractivity contribution in [3.63, 3.8) is 0 Å². The molecule has 30 heavy (non-hydrogen) atoms. The molecule has 0 aromatic heterocycles. The first-order valence-corrected chi connectivity index (χ1v) is 12.7. The van der Waals surface area contributed by atoms with E-state index in [0.717, 1.165) is 37.0 Å². The highest BCUT2D eigenvalue weighted by Gasteiger charge is 2.37. The fourth-order valence-corrected chi connectivity index (χ4v) is 6.26. The van der Waals surface area contributed by atoms with Gasteiger partial charge in [-0.25, -0.2) is 8.42 Å². The lowest BCUT2D eigenvalue weighted by atomic mass is 10.1. The number of ether oxygens (including phenoxy) is 1. The Morgan fingerprint density at radius 3 is 2.47 bits per heavy atom. The number of sulfonamides is 1. The summed E-state index contributed by atoms with van der Waals surface area (Å²) >= 11 is 1.26. The summed E-state index contributed by atoms with van der Waals surface area (Å²) < 4.78 is 32.9. The molecule has 1 saturated heterocycles. The minimum atomic E-state index is -3.67. The van der Waals surface area contributed by atoms with Crippen molar-refractivity contribution >= 4 is 26.9 Å². The van der Waals surface area contributed by atoms with Gasteiger partial charge in [-0.3, -0.25) is 4.79 Å². The Hall–Kier alpha value is -1.83. The topological polar surface area (TPSA) is 63.7 Å². The zero-order valence-electron chi connectivity index (χ0n) is 17.5. The van der Waals surface area contributed by atoms with Crippen LogP contribution in [0.4, 0.5) is 0 Å². The van der Waals surface area contributed by atoms with E-state index in [-0.39, 0.29) is 10.0 Å². The first-order chi connectivity index (χ1) is 14.4. The Morgan fingerprint density at radius 1 is 1.10 bits per heavy atom. The molecule has 162 valence electrons. The summed E-state index contributed by atoms with van der Waals surface area (Å²) in [4.78, 5) is 13.1. The van der Waals surface area contributed by atoms with Crippen LogP contribution >= 0.6 is 11.8 Å². The summed E-state index contributed by atoms with van der Waals surface area (Å²) in [7, 11) is -2.02. The molecular formula is C23H29NO4S2. The molecule has 2 aromatic rings. The molecule has 0 aliphatic carbocycles. The van der Waals surface area contributed by atoms with Crippen LogP contribution in [0.25, 0.3) is 0 Å². The average molecular weight is 448 g/mol. The number of methoxy groups -OCH3 is 1. The smallest absolute Gasteiger partial charge is 0.243 e. The predicted octanol–water partition coefficient (Wildman–Crippen LogP) is 4.44. The summed E-state index contributed by atoms with van der Waals surface area (Å²) in [5.74, 6) is 1.51. The number of piperidine rings is 1. The van der Waals surface area contributed by atoms with Crippen LogP contribution in [-0.2, 0) is 21.2 Å². The molecule has 3 rings (SSSR count). The summed E-state index contributed by atoms with van der Waals surface area (Å²) in [6, 6.07) is 14.2. The largest absolute Gasteiger partial charge is 0.497 e. The minimum Gasteiger partial charge on any atom is -0.497 e. The van der Waals surface area contributed by atoms with Crippen LogP contribution in [0.2, 0.25) is 0 Å². The number of benzene rings is 2. The summed E-state index contributed by atoms with van der Waals surface area (Å²) in [6.07, 6.45) is 4.00. The number of hydrogen-bond acceptors (Lipinski definition) is 5. The van der Waals surface area contributed by atoms with Crippen molar-refractivity contribution in [2.45, 2.75) is 50.0 Å². The van der Waals surface area contributed by atoms with Gasteiger partial charge in [-0.15, -0.1) is 0 Å². The van der Waals surface area contributed by atoms with Gasteiger partial charge >= 0.3 is 0 Å². The molecular weight excluding hydrogens is 418 g/mol. The zero-order chi connectivity index (χ0) is 21.6. The van der Waals surface area contributed by atoms with Crippen molar-refractivity contribution in [1.29, 1.82) is 0 Å². The molecule has 2 aromatic carbocycles. The van der Waals surface area contributed by atoms with E-state index in [1.54, 1.807) is 31.4 Å². The van der Waals surface area contributed by atoms with E-state index in [1.165, 1.54) is 21.6 Å². The SMILES string of the molecule is COc1ccc(CCCSC(=O)C2CCCCN2S(=O)(=O)c2ccc(C)cc2)cc1. The van der Waals surface area contributed by atoms with Gasteiger partial charge in [0.2, 0.25) is 15.1 Å².